The maximum atomic E-state index is 12.1. The van der Waals surface area contributed by atoms with E-state index in [2.05, 4.69) is 28.2 Å². The molecule has 2 N–H and O–H groups in total. The molecule has 1 fully saturated rings. The van der Waals surface area contributed by atoms with Crippen molar-refractivity contribution in [2.45, 2.75) is 72.1 Å². The molecule has 8 heteroatoms. The minimum absolute atomic E-state index is 0.0762. The fourth-order valence-electron chi connectivity index (χ4n) is 3.17. The third kappa shape index (κ3) is 10.4. The molecular formula is C18H34NO6P. The van der Waals surface area contributed by atoms with Crippen molar-refractivity contribution in [2.24, 2.45) is 11.3 Å². The summed E-state index contributed by atoms with van der Waals surface area (Å²) in [5.41, 5.74) is 0.410. The Morgan fingerprint density at radius 1 is 1.19 bits per heavy atom. The SMILES string of the molecule is CCOP(=O)(O)OCCNC(=O)CCCC(=O)CC1CCC(C)(C)CC1. The van der Waals surface area contributed by atoms with Gasteiger partial charge in [0.2, 0.25) is 5.91 Å². The van der Waals surface area contributed by atoms with Gasteiger partial charge in [0.25, 0.3) is 0 Å². The average molecular weight is 391 g/mol. The van der Waals surface area contributed by atoms with E-state index in [-0.39, 0.29) is 37.9 Å². The molecule has 152 valence electrons. The van der Waals surface area contributed by atoms with Gasteiger partial charge in [0.1, 0.15) is 5.78 Å². The van der Waals surface area contributed by atoms with E-state index in [0.29, 0.717) is 30.6 Å². The Labute approximate surface area is 156 Å². The molecule has 7 nitrogen and oxygen atoms in total. The molecule has 0 heterocycles. The summed E-state index contributed by atoms with van der Waals surface area (Å²) < 4.78 is 20.5. The summed E-state index contributed by atoms with van der Waals surface area (Å²) in [5.74, 6) is 0.551. The molecule has 0 bridgehead atoms. The standard InChI is InChI=1S/C18H34NO6P/c1-4-24-26(22,23)25-13-12-19-17(21)7-5-6-16(20)14-15-8-10-18(2,3)11-9-15/h15H,4-14H2,1-3H3,(H,19,21)(H,22,23). The van der Waals surface area contributed by atoms with Crippen molar-refractivity contribution in [1.82, 2.24) is 5.32 Å². The van der Waals surface area contributed by atoms with Crippen LogP contribution in [-0.4, -0.2) is 36.3 Å². The van der Waals surface area contributed by atoms with Gasteiger partial charge in [0.05, 0.1) is 13.2 Å². The smallest absolute Gasteiger partial charge is 0.354 e. The molecule has 1 atom stereocenters. The number of rotatable bonds is 12. The summed E-state index contributed by atoms with van der Waals surface area (Å²) in [7, 11) is -4.01. The Bertz CT molecular complexity index is 498. The van der Waals surface area contributed by atoms with E-state index in [1.54, 1.807) is 6.92 Å². The van der Waals surface area contributed by atoms with Crippen LogP contribution >= 0.6 is 7.82 Å². The number of Topliss-reactive ketones (excluding diaryl/α,β-unsaturated/α-hetero) is 1. The van der Waals surface area contributed by atoms with Gasteiger partial charge < -0.3 is 10.2 Å². The first-order valence-corrected chi connectivity index (χ1v) is 11.0. The third-order valence-corrected chi connectivity index (χ3v) is 5.90. The van der Waals surface area contributed by atoms with Gasteiger partial charge in [-0.25, -0.2) is 4.57 Å². The van der Waals surface area contributed by atoms with Gasteiger partial charge in [0.15, 0.2) is 0 Å². The van der Waals surface area contributed by atoms with Crippen molar-refractivity contribution in [3.8, 4) is 0 Å². The fourth-order valence-corrected chi connectivity index (χ4v) is 3.90. The molecule has 0 aromatic carbocycles. The lowest BCUT2D eigenvalue weighted by molar-refractivity contribution is -0.122. The molecule has 1 rings (SSSR count). The van der Waals surface area contributed by atoms with Crippen LogP contribution in [0, 0.1) is 11.3 Å². The number of hydrogen-bond acceptors (Lipinski definition) is 5. The minimum Gasteiger partial charge on any atom is -0.354 e. The third-order valence-electron chi connectivity index (χ3n) is 4.81. The second-order valence-corrected chi connectivity index (χ2v) is 9.23. The molecule has 0 saturated heterocycles. The summed E-state index contributed by atoms with van der Waals surface area (Å²) in [6.07, 6.45) is 6.46. The number of carbonyl (C=O) groups excluding carboxylic acids is 2. The zero-order valence-corrected chi connectivity index (χ0v) is 17.2. The van der Waals surface area contributed by atoms with E-state index in [1.165, 1.54) is 12.8 Å². The average Bonchev–Trinajstić information content (AvgIpc) is 2.53. The van der Waals surface area contributed by atoms with Gasteiger partial charge >= 0.3 is 7.82 Å². The largest absolute Gasteiger partial charge is 0.472 e. The lowest BCUT2D eigenvalue weighted by Crippen LogP contribution is -2.27. The molecule has 1 saturated carbocycles. The van der Waals surface area contributed by atoms with Crippen molar-refractivity contribution in [3.63, 3.8) is 0 Å². The van der Waals surface area contributed by atoms with E-state index < -0.39 is 7.82 Å². The molecule has 0 aliphatic heterocycles. The maximum absolute atomic E-state index is 12.1. The molecule has 0 radical (unpaired) electrons. The molecule has 1 amide bonds. The van der Waals surface area contributed by atoms with E-state index >= 15 is 0 Å². The normalized spacial score (nSPS) is 19.7. The van der Waals surface area contributed by atoms with Gasteiger partial charge in [-0.1, -0.05) is 13.8 Å². The Hall–Kier alpha value is -0.750. The molecule has 26 heavy (non-hydrogen) atoms. The Balaban J connectivity index is 2.07. The Kier molecular flexibility index (Phi) is 10.0. The van der Waals surface area contributed by atoms with Crippen molar-refractivity contribution < 1.29 is 28.1 Å². The maximum Gasteiger partial charge on any atom is 0.472 e. The van der Waals surface area contributed by atoms with Crippen LogP contribution in [0.5, 0.6) is 0 Å². The summed E-state index contributed by atoms with van der Waals surface area (Å²) in [6, 6.07) is 0. The lowest BCUT2D eigenvalue weighted by Gasteiger charge is -2.34. The first kappa shape index (κ1) is 23.3. The van der Waals surface area contributed by atoms with Gasteiger partial charge in [-0.05, 0) is 50.4 Å². The molecule has 0 spiro atoms. The van der Waals surface area contributed by atoms with Gasteiger partial charge in [0, 0.05) is 25.8 Å². The topological polar surface area (TPSA) is 102 Å². The minimum atomic E-state index is -4.01. The van der Waals surface area contributed by atoms with Gasteiger partial charge in [-0.2, -0.15) is 0 Å². The van der Waals surface area contributed by atoms with Crippen molar-refractivity contribution in [1.29, 1.82) is 0 Å². The summed E-state index contributed by atoms with van der Waals surface area (Å²) in [6.45, 7) is 6.26. The summed E-state index contributed by atoms with van der Waals surface area (Å²) >= 11 is 0. The van der Waals surface area contributed by atoms with Crippen molar-refractivity contribution in [2.75, 3.05) is 19.8 Å². The molecule has 1 aliphatic rings. The van der Waals surface area contributed by atoms with E-state index in [0.717, 1.165) is 12.8 Å². The van der Waals surface area contributed by atoms with E-state index in [1.807, 2.05) is 0 Å². The van der Waals surface area contributed by atoms with Crippen LogP contribution in [0.4, 0.5) is 0 Å². The molecule has 1 unspecified atom stereocenters. The second-order valence-electron chi connectivity index (χ2n) is 7.77. The first-order valence-electron chi connectivity index (χ1n) is 9.54. The quantitative estimate of drug-likeness (QED) is 0.389. The van der Waals surface area contributed by atoms with Gasteiger partial charge in [-0.15, -0.1) is 0 Å². The highest BCUT2D eigenvalue weighted by atomic mass is 31.2. The predicted octanol–water partition coefficient (Wildman–Crippen LogP) is 3.60. The zero-order chi connectivity index (χ0) is 19.6. The van der Waals surface area contributed by atoms with E-state index in [4.69, 9.17) is 0 Å². The number of hydrogen-bond donors (Lipinski definition) is 2. The number of nitrogens with one attached hydrogen (secondary N) is 1. The van der Waals surface area contributed by atoms with Crippen LogP contribution in [0.25, 0.3) is 0 Å². The van der Waals surface area contributed by atoms with Crippen molar-refractivity contribution in [3.05, 3.63) is 0 Å². The number of amides is 1. The van der Waals surface area contributed by atoms with Crippen LogP contribution in [0.3, 0.4) is 0 Å². The van der Waals surface area contributed by atoms with Crippen LogP contribution in [0.1, 0.15) is 72.1 Å². The monoisotopic (exact) mass is 391 g/mol. The number of phosphoric ester groups is 1. The molecule has 0 aromatic rings. The van der Waals surface area contributed by atoms with E-state index in [9.17, 15) is 19.0 Å². The fraction of sp³-hybridized carbons (Fsp3) is 0.889. The first-order chi connectivity index (χ1) is 12.1. The van der Waals surface area contributed by atoms with Gasteiger partial charge in [-0.3, -0.25) is 18.6 Å². The predicted molar refractivity (Wildman–Crippen MR) is 99.6 cm³/mol. The van der Waals surface area contributed by atoms with Crippen LogP contribution in [-0.2, 0) is 23.2 Å². The van der Waals surface area contributed by atoms with Crippen LogP contribution < -0.4 is 5.32 Å². The Morgan fingerprint density at radius 2 is 1.85 bits per heavy atom. The second kappa shape index (κ2) is 11.2. The molecule has 1 aliphatic carbocycles. The number of phosphoric acid groups is 1. The highest BCUT2D eigenvalue weighted by Gasteiger charge is 2.27. The highest BCUT2D eigenvalue weighted by molar-refractivity contribution is 7.47. The summed E-state index contributed by atoms with van der Waals surface area (Å²) in [5, 5.41) is 2.60. The van der Waals surface area contributed by atoms with Crippen LogP contribution in [0.15, 0.2) is 0 Å². The zero-order valence-electron chi connectivity index (χ0n) is 16.3. The molecular weight excluding hydrogens is 357 g/mol. The molecule has 0 aromatic heterocycles. The highest BCUT2D eigenvalue weighted by Crippen LogP contribution is 2.42. The van der Waals surface area contributed by atoms with Crippen LogP contribution in [0.2, 0.25) is 0 Å². The number of ketones is 1. The summed E-state index contributed by atoms with van der Waals surface area (Å²) in [4.78, 5) is 33.0. The lowest BCUT2D eigenvalue weighted by atomic mass is 9.72. The number of carbonyl (C=O) groups is 2. The van der Waals surface area contributed by atoms with Crippen molar-refractivity contribution >= 4 is 19.5 Å². The Morgan fingerprint density at radius 3 is 2.46 bits per heavy atom.